The molecule has 0 atom stereocenters. The number of nitro groups is 1. The normalized spacial score (nSPS) is 12.5. The molecule has 0 saturated carbocycles. The third-order valence-corrected chi connectivity index (χ3v) is 3.86. The molecule has 0 amide bonds. The predicted octanol–water partition coefficient (Wildman–Crippen LogP) is 2.89. The summed E-state index contributed by atoms with van der Waals surface area (Å²) in [5.74, 6) is 0. The van der Waals surface area contributed by atoms with E-state index in [2.05, 4.69) is 5.32 Å². The van der Waals surface area contributed by atoms with Crippen molar-refractivity contribution in [3.05, 3.63) is 38.9 Å². The summed E-state index contributed by atoms with van der Waals surface area (Å²) in [5, 5.41) is 24.4. The molecular weight excluding hydrogens is 268 g/mol. The number of hydrogen-bond acceptors (Lipinski definition) is 4. The van der Waals surface area contributed by atoms with E-state index in [9.17, 15) is 15.2 Å². The SMILES string of the molecule is CC(C)(O)C(C)(C)NCc1cc([N+](=O)[O-])ccc1Cl. The molecule has 0 aliphatic heterocycles. The van der Waals surface area contributed by atoms with Gasteiger partial charge >= 0.3 is 0 Å². The van der Waals surface area contributed by atoms with Crippen molar-refractivity contribution in [1.29, 1.82) is 0 Å². The molecule has 2 N–H and O–H groups in total. The lowest BCUT2D eigenvalue weighted by Crippen LogP contribution is -2.55. The van der Waals surface area contributed by atoms with Gasteiger partial charge in [-0.3, -0.25) is 10.1 Å². The molecule has 0 radical (unpaired) electrons. The van der Waals surface area contributed by atoms with Crippen LogP contribution in [0.5, 0.6) is 0 Å². The third-order valence-electron chi connectivity index (χ3n) is 3.49. The van der Waals surface area contributed by atoms with Gasteiger partial charge in [0.15, 0.2) is 0 Å². The first-order valence-electron chi connectivity index (χ1n) is 5.95. The van der Waals surface area contributed by atoms with Crippen molar-refractivity contribution in [2.75, 3.05) is 0 Å². The van der Waals surface area contributed by atoms with Crippen molar-refractivity contribution < 1.29 is 10.0 Å². The molecule has 1 aromatic carbocycles. The summed E-state index contributed by atoms with van der Waals surface area (Å²) in [6.07, 6.45) is 0. The van der Waals surface area contributed by atoms with E-state index in [0.29, 0.717) is 17.1 Å². The molecule has 0 aromatic heterocycles. The summed E-state index contributed by atoms with van der Waals surface area (Å²) in [6.45, 7) is 7.47. The molecule has 5 nitrogen and oxygen atoms in total. The fourth-order valence-electron chi connectivity index (χ4n) is 1.34. The van der Waals surface area contributed by atoms with Crippen molar-refractivity contribution in [3.8, 4) is 0 Å². The van der Waals surface area contributed by atoms with Crippen LogP contribution in [0.25, 0.3) is 0 Å². The van der Waals surface area contributed by atoms with E-state index in [1.807, 2.05) is 13.8 Å². The fraction of sp³-hybridized carbons (Fsp3) is 0.538. The third kappa shape index (κ3) is 3.89. The quantitative estimate of drug-likeness (QED) is 0.645. The minimum Gasteiger partial charge on any atom is -0.389 e. The van der Waals surface area contributed by atoms with E-state index in [1.54, 1.807) is 13.8 Å². The molecule has 0 spiro atoms. The van der Waals surface area contributed by atoms with Crippen molar-refractivity contribution in [3.63, 3.8) is 0 Å². The Morgan fingerprint density at radius 2 is 1.95 bits per heavy atom. The zero-order valence-electron chi connectivity index (χ0n) is 11.5. The Kier molecular flexibility index (Phi) is 4.55. The van der Waals surface area contributed by atoms with Crippen molar-refractivity contribution in [2.45, 2.75) is 45.4 Å². The Morgan fingerprint density at radius 1 is 1.37 bits per heavy atom. The molecular formula is C13H19ClN2O3. The van der Waals surface area contributed by atoms with Crippen LogP contribution >= 0.6 is 11.6 Å². The zero-order chi connectivity index (χ0) is 14.8. The van der Waals surface area contributed by atoms with Crippen LogP contribution in [0.1, 0.15) is 33.3 Å². The molecule has 0 aliphatic carbocycles. The van der Waals surface area contributed by atoms with Gasteiger partial charge in [0.25, 0.3) is 5.69 Å². The topological polar surface area (TPSA) is 75.4 Å². The van der Waals surface area contributed by atoms with Gasteiger partial charge in [-0.2, -0.15) is 0 Å². The molecule has 0 fully saturated rings. The number of hydrogen-bond donors (Lipinski definition) is 2. The first-order chi connectivity index (χ1) is 8.54. The number of non-ortho nitro benzene ring substituents is 1. The second kappa shape index (κ2) is 5.45. The molecule has 19 heavy (non-hydrogen) atoms. The van der Waals surface area contributed by atoms with Crippen molar-refractivity contribution in [2.24, 2.45) is 0 Å². The maximum absolute atomic E-state index is 10.7. The highest BCUT2D eigenvalue weighted by atomic mass is 35.5. The summed E-state index contributed by atoms with van der Waals surface area (Å²) in [7, 11) is 0. The number of rotatable bonds is 5. The van der Waals surface area contributed by atoms with Crippen LogP contribution in [-0.2, 0) is 6.54 Å². The van der Waals surface area contributed by atoms with Crippen LogP contribution in [0.3, 0.4) is 0 Å². The van der Waals surface area contributed by atoms with Gasteiger partial charge in [-0.25, -0.2) is 0 Å². The van der Waals surface area contributed by atoms with Crippen molar-refractivity contribution >= 4 is 17.3 Å². The standard InChI is InChI=1S/C13H19ClN2O3/c1-12(2,13(3,4)17)15-8-9-7-10(16(18)19)5-6-11(9)14/h5-7,15,17H,8H2,1-4H3. The number of nitro benzene ring substituents is 1. The van der Waals surface area contributed by atoms with Crippen LogP contribution in [-0.4, -0.2) is 21.2 Å². The molecule has 0 aliphatic rings. The second-order valence-electron chi connectivity index (χ2n) is 5.57. The molecule has 106 valence electrons. The van der Waals surface area contributed by atoms with Gasteiger partial charge in [-0.1, -0.05) is 11.6 Å². The van der Waals surface area contributed by atoms with E-state index in [0.717, 1.165) is 0 Å². The van der Waals surface area contributed by atoms with Gasteiger partial charge in [0.1, 0.15) is 0 Å². The number of halogens is 1. The summed E-state index contributed by atoms with van der Waals surface area (Å²) in [6, 6.07) is 4.32. The van der Waals surface area contributed by atoms with Crippen molar-refractivity contribution in [1.82, 2.24) is 5.32 Å². The monoisotopic (exact) mass is 286 g/mol. The lowest BCUT2D eigenvalue weighted by molar-refractivity contribution is -0.384. The number of nitrogens with one attached hydrogen (secondary N) is 1. The summed E-state index contributed by atoms with van der Waals surface area (Å²) < 4.78 is 0. The Hall–Kier alpha value is -1.17. The Labute approximate surface area is 117 Å². The van der Waals surface area contributed by atoms with E-state index in [4.69, 9.17) is 11.6 Å². The van der Waals surface area contributed by atoms with Gasteiger partial charge in [0.2, 0.25) is 0 Å². The van der Waals surface area contributed by atoms with Gasteiger partial charge in [0, 0.05) is 29.2 Å². The first kappa shape index (κ1) is 15.9. The first-order valence-corrected chi connectivity index (χ1v) is 6.32. The molecule has 0 saturated heterocycles. The number of benzene rings is 1. The highest BCUT2D eigenvalue weighted by Crippen LogP contribution is 2.25. The van der Waals surface area contributed by atoms with Gasteiger partial charge in [0.05, 0.1) is 10.5 Å². The fourth-order valence-corrected chi connectivity index (χ4v) is 1.53. The molecule has 0 unspecified atom stereocenters. The average Bonchev–Trinajstić information content (AvgIpc) is 2.26. The molecule has 6 heteroatoms. The van der Waals surface area contributed by atoms with E-state index in [1.165, 1.54) is 18.2 Å². The van der Waals surface area contributed by atoms with Crippen LogP contribution in [0, 0.1) is 10.1 Å². The largest absolute Gasteiger partial charge is 0.389 e. The smallest absolute Gasteiger partial charge is 0.269 e. The predicted molar refractivity (Wildman–Crippen MR) is 75.3 cm³/mol. The van der Waals surface area contributed by atoms with E-state index in [-0.39, 0.29) is 5.69 Å². The Balaban J connectivity index is 2.89. The average molecular weight is 287 g/mol. The van der Waals surface area contributed by atoms with Gasteiger partial charge in [-0.05, 0) is 39.3 Å². The molecule has 1 aromatic rings. The van der Waals surface area contributed by atoms with E-state index < -0.39 is 16.1 Å². The van der Waals surface area contributed by atoms with Gasteiger partial charge < -0.3 is 10.4 Å². The van der Waals surface area contributed by atoms with Crippen LogP contribution in [0.15, 0.2) is 18.2 Å². The summed E-state index contributed by atoms with van der Waals surface area (Å²) >= 11 is 6.02. The minimum absolute atomic E-state index is 0.00210. The van der Waals surface area contributed by atoms with Crippen LogP contribution in [0.4, 0.5) is 5.69 Å². The number of nitrogens with zero attached hydrogens (tertiary/aromatic N) is 1. The van der Waals surface area contributed by atoms with Crippen LogP contribution < -0.4 is 5.32 Å². The molecule has 1 rings (SSSR count). The summed E-state index contributed by atoms with van der Waals surface area (Å²) in [5.41, 5.74) is -0.850. The Bertz CT molecular complexity index is 481. The molecule has 0 heterocycles. The molecule has 0 bridgehead atoms. The maximum atomic E-state index is 10.7. The summed E-state index contributed by atoms with van der Waals surface area (Å²) in [4.78, 5) is 10.3. The lowest BCUT2D eigenvalue weighted by Gasteiger charge is -2.38. The second-order valence-corrected chi connectivity index (χ2v) is 5.98. The van der Waals surface area contributed by atoms with E-state index >= 15 is 0 Å². The maximum Gasteiger partial charge on any atom is 0.269 e. The minimum atomic E-state index is -0.930. The highest BCUT2D eigenvalue weighted by Gasteiger charge is 2.34. The lowest BCUT2D eigenvalue weighted by atomic mass is 9.86. The van der Waals surface area contributed by atoms with Crippen LogP contribution in [0.2, 0.25) is 5.02 Å². The number of aliphatic hydroxyl groups is 1. The highest BCUT2D eigenvalue weighted by molar-refractivity contribution is 6.31. The zero-order valence-corrected chi connectivity index (χ0v) is 12.3. The Morgan fingerprint density at radius 3 is 2.42 bits per heavy atom. The van der Waals surface area contributed by atoms with Gasteiger partial charge in [-0.15, -0.1) is 0 Å².